The quantitative estimate of drug-likeness (QED) is 0.286. The summed E-state index contributed by atoms with van der Waals surface area (Å²) in [6.45, 7) is -0.419. The van der Waals surface area contributed by atoms with E-state index in [1.54, 1.807) is 0 Å². The van der Waals surface area contributed by atoms with Crippen LogP contribution in [0.2, 0.25) is 0 Å². The average molecular weight is 189 g/mol. The van der Waals surface area contributed by atoms with E-state index < -0.39 is 24.4 Å². The van der Waals surface area contributed by atoms with Crippen LogP contribution < -0.4 is 0 Å². The van der Waals surface area contributed by atoms with Crippen molar-refractivity contribution in [2.24, 2.45) is 5.11 Å². The second-order valence-electron chi connectivity index (χ2n) is 2.81. The molecular formula is C6H11N3O4. The van der Waals surface area contributed by atoms with E-state index in [-0.39, 0.29) is 13.2 Å². The summed E-state index contributed by atoms with van der Waals surface area (Å²) in [6.07, 6.45) is -2.97. The molecule has 1 heterocycles. The standard InChI is InChI=1S/C6H11N3O4/c7-9-8-5-3(11)2-13-4(1-10)6(5)12/h3-6,10-12H,1-2H2/t3?,4?,5?,6-/m0/s1. The molecule has 3 unspecified atom stereocenters. The Kier molecular flexibility index (Phi) is 3.47. The summed E-state index contributed by atoms with van der Waals surface area (Å²) in [6, 6.07) is -0.948. The van der Waals surface area contributed by atoms with Crippen molar-refractivity contribution in [2.75, 3.05) is 13.2 Å². The van der Waals surface area contributed by atoms with Crippen LogP contribution in [0, 0.1) is 0 Å². The van der Waals surface area contributed by atoms with Crippen molar-refractivity contribution in [3.63, 3.8) is 0 Å². The van der Waals surface area contributed by atoms with Crippen molar-refractivity contribution >= 4 is 0 Å². The van der Waals surface area contributed by atoms with Gasteiger partial charge in [0.05, 0.1) is 31.5 Å². The first-order valence-corrected chi connectivity index (χ1v) is 3.83. The highest BCUT2D eigenvalue weighted by Gasteiger charge is 2.37. The molecule has 0 aromatic carbocycles. The Balaban J connectivity index is 2.71. The van der Waals surface area contributed by atoms with Gasteiger partial charge in [0.25, 0.3) is 0 Å². The third kappa shape index (κ3) is 2.09. The monoisotopic (exact) mass is 189 g/mol. The largest absolute Gasteiger partial charge is 0.394 e. The molecule has 4 atom stereocenters. The van der Waals surface area contributed by atoms with Crippen LogP contribution in [0.15, 0.2) is 5.11 Å². The van der Waals surface area contributed by atoms with Crippen molar-refractivity contribution in [3.05, 3.63) is 10.4 Å². The Morgan fingerprint density at radius 1 is 1.54 bits per heavy atom. The van der Waals surface area contributed by atoms with Gasteiger partial charge in [-0.15, -0.1) is 0 Å². The van der Waals surface area contributed by atoms with E-state index >= 15 is 0 Å². The lowest BCUT2D eigenvalue weighted by molar-refractivity contribution is -0.147. The predicted octanol–water partition coefficient (Wildman–Crippen LogP) is -1.22. The molecule has 3 N–H and O–H groups in total. The van der Waals surface area contributed by atoms with Crippen molar-refractivity contribution in [1.82, 2.24) is 0 Å². The van der Waals surface area contributed by atoms with Crippen molar-refractivity contribution in [3.8, 4) is 0 Å². The topological polar surface area (TPSA) is 119 Å². The fraction of sp³-hybridized carbons (Fsp3) is 1.00. The lowest BCUT2D eigenvalue weighted by Crippen LogP contribution is -2.53. The van der Waals surface area contributed by atoms with E-state index in [4.69, 9.17) is 15.4 Å². The second-order valence-corrected chi connectivity index (χ2v) is 2.81. The summed E-state index contributed by atoms with van der Waals surface area (Å²) < 4.78 is 4.89. The molecule has 0 amide bonds. The zero-order chi connectivity index (χ0) is 9.84. The first kappa shape index (κ1) is 10.2. The van der Waals surface area contributed by atoms with Gasteiger partial charge in [0.2, 0.25) is 0 Å². The molecule has 7 heteroatoms. The first-order chi connectivity index (χ1) is 6.20. The Morgan fingerprint density at radius 3 is 2.77 bits per heavy atom. The highest BCUT2D eigenvalue weighted by Crippen LogP contribution is 2.18. The molecule has 0 aromatic heterocycles. The molecule has 1 aliphatic rings. The summed E-state index contributed by atoms with van der Waals surface area (Å²) in [5.41, 5.74) is 8.15. The van der Waals surface area contributed by atoms with Crippen LogP contribution in [0.4, 0.5) is 0 Å². The lowest BCUT2D eigenvalue weighted by atomic mass is 9.98. The van der Waals surface area contributed by atoms with E-state index in [2.05, 4.69) is 10.0 Å². The number of aliphatic hydroxyl groups excluding tert-OH is 3. The smallest absolute Gasteiger partial charge is 0.107 e. The van der Waals surface area contributed by atoms with Crippen molar-refractivity contribution in [2.45, 2.75) is 24.4 Å². The molecule has 0 saturated carbocycles. The van der Waals surface area contributed by atoms with Crippen LogP contribution in [0.5, 0.6) is 0 Å². The number of nitrogens with zero attached hydrogens (tertiary/aromatic N) is 3. The van der Waals surface area contributed by atoms with Gasteiger partial charge in [-0.25, -0.2) is 0 Å². The normalized spacial score (nSPS) is 39.6. The number of ether oxygens (including phenoxy) is 1. The SMILES string of the molecule is [N-]=[N+]=NC1C(O)COC(CO)[C@@H]1O. The van der Waals surface area contributed by atoms with E-state index in [9.17, 15) is 10.2 Å². The first-order valence-electron chi connectivity index (χ1n) is 3.83. The number of hydrogen-bond acceptors (Lipinski definition) is 5. The maximum atomic E-state index is 9.42. The maximum absolute atomic E-state index is 9.42. The maximum Gasteiger partial charge on any atom is 0.107 e. The summed E-state index contributed by atoms with van der Waals surface area (Å²) >= 11 is 0. The number of hydrogen-bond donors (Lipinski definition) is 3. The Bertz CT molecular complexity index is 218. The molecule has 74 valence electrons. The molecule has 0 aromatic rings. The van der Waals surface area contributed by atoms with Gasteiger partial charge in [0.1, 0.15) is 6.10 Å². The highest BCUT2D eigenvalue weighted by atomic mass is 16.5. The Labute approximate surface area is 74.2 Å². The molecule has 1 rings (SSSR count). The molecular weight excluding hydrogens is 178 g/mol. The summed E-state index contributed by atoms with van der Waals surface area (Å²) in [4.78, 5) is 2.50. The molecule has 1 aliphatic heterocycles. The van der Waals surface area contributed by atoms with Crippen LogP contribution in [0.25, 0.3) is 10.4 Å². The molecule has 13 heavy (non-hydrogen) atoms. The van der Waals surface area contributed by atoms with E-state index in [1.165, 1.54) is 0 Å². The van der Waals surface area contributed by atoms with Gasteiger partial charge >= 0.3 is 0 Å². The second kappa shape index (κ2) is 4.40. The van der Waals surface area contributed by atoms with Gasteiger partial charge in [-0.3, -0.25) is 0 Å². The van der Waals surface area contributed by atoms with Gasteiger partial charge in [-0.1, -0.05) is 5.11 Å². The van der Waals surface area contributed by atoms with Gasteiger partial charge < -0.3 is 20.1 Å². The minimum absolute atomic E-state index is 0.0496. The average Bonchev–Trinajstić information content (AvgIpc) is 2.12. The van der Waals surface area contributed by atoms with Gasteiger partial charge in [-0.05, 0) is 5.53 Å². The van der Waals surface area contributed by atoms with E-state index in [0.717, 1.165) is 0 Å². The molecule has 1 saturated heterocycles. The molecule has 0 spiro atoms. The third-order valence-electron chi connectivity index (χ3n) is 1.97. The summed E-state index contributed by atoms with van der Waals surface area (Å²) in [7, 11) is 0. The summed E-state index contributed by atoms with van der Waals surface area (Å²) in [5.74, 6) is 0. The molecule has 0 bridgehead atoms. The minimum Gasteiger partial charge on any atom is -0.394 e. The van der Waals surface area contributed by atoms with Crippen molar-refractivity contribution < 1.29 is 20.1 Å². The minimum atomic E-state index is -1.16. The van der Waals surface area contributed by atoms with Crippen LogP contribution in [-0.4, -0.2) is 52.9 Å². The summed E-state index contributed by atoms with van der Waals surface area (Å²) in [5, 5.41) is 30.6. The van der Waals surface area contributed by atoms with Crippen LogP contribution in [0.3, 0.4) is 0 Å². The zero-order valence-electron chi connectivity index (χ0n) is 6.82. The van der Waals surface area contributed by atoms with Crippen LogP contribution >= 0.6 is 0 Å². The van der Waals surface area contributed by atoms with E-state index in [0.29, 0.717) is 0 Å². The highest BCUT2D eigenvalue weighted by molar-refractivity contribution is 4.91. The zero-order valence-corrected chi connectivity index (χ0v) is 6.82. The molecule has 0 radical (unpaired) electrons. The molecule has 7 nitrogen and oxygen atoms in total. The van der Waals surface area contributed by atoms with E-state index in [1.807, 2.05) is 0 Å². The molecule has 1 fully saturated rings. The fourth-order valence-corrected chi connectivity index (χ4v) is 1.23. The van der Waals surface area contributed by atoms with Gasteiger partial charge in [0.15, 0.2) is 0 Å². The number of aliphatic hydroxyl groups is 3. The lowest BCUT2D eigenvalue weighted by Gasteiger charge is -2.34. The fourth-order valence-electron chi connectivity index (χ4n) is 1.23. The predicted molar refractivity (Wildman–Crippen MR) is 41.8 cm³/mol. The number of azide groups is 1. The van der Waals surface area contributed by atoms with Crippen LogP contribution in [-0.2, 0) is 4.74 Å². The van der Waals surface area contributed by atoms with Crippen LogP contribution in [0.1, 0.15) is 0 Å². The van der Waals surface area contributed by atoms with Gasteiger partial charge in [-0.2, -0.15) is 0 Å². The van der Waals surface area contributed by atoms with Crippen molar-refractivity contribution in [1.29, 1.82) is 0 Å². The number of rotatable bonds is 2. The Hall–Kier alpha value is -0.850. The Morgan fingerprint density at radius 2 is 2.23 bits per heavy atom. The molecule has 0 aliphatic carbocycles. The third-order valence-corrected chi connectivity index (χ3v) is 1.97. The van der Waals surface area contributed by atoms with Gasteiger partial charge in [0, 0.05) is 4.91 Å².